The number of likely N-dealkylation sites (N-methyl/N-ethyl adjacent to an activating group) is 1. The van der Waals surface area contributed by atoms with Crippen molar-refractivity contribution in [2.24, 2.45) is 0 Å². The van der Waals surface area contributed by atoms with Crippen molar-refractivity contribution >= 4 is 5.91 Å². The monoisotopic (exact) mass is 312 g/mol. The molecule has 0 bridgehead atoms. The maximum absolute atomic E-state index is 12.6. The maximum atomic E-state index is 12.6. The quantitative estimate of drug-likeness (QED) is 0.910. The van der Waals surface area contributed by atoms with Crippen LogP contribution in [0.4, 0.5) is 13.2 Å². The van der Waals surface area contributed by atoms with Gasteiger partial charge in [-0.15, -0.1) is 0 Å². The van der Waals surface area contributed by atoms with Gasteiger partial charge in [0.15, 0.2) is 0 Å². The largest absolute Gasteiger partial charge is 0.416 e. The number of nitrogens with zero attached hydrogens (tertiary/aromatic N) is 1. The van der Waals surface area contributed by atoms with Gasteiger partial charge in [-0.05, 0) is 49.8 Å². The lowest BCUT2D eigenvalue weighted by atomic mass is 10.0. The van der Waals surface area contributed by atoms with Crippen molar-refractivity contribution in [1.29, 1.82) is 0 Å². The summed E-state index contributed by atoms with van der Waals surface area (Å²) in [5, 5.41) is 3.41. The third-order valence-electron chi connectivity index (χ3n) is 4.87. The van der Waals surface area contributed by atoms with Gasteiger partial charge in [0.2, 0.25) is 5.91 Å². The Morgan fingerprint density at radius 2 is 1.82 bits per heavy atom. The summed E-state index contributed by atoms with van der Waals surface area (Å²) in [5.41, 5.74) is -0.165. The lowest BCUT2D eigenvalue weighted by Crippen LogP contribution is -2.48. The number of rotatable bonds is 2. The number of halogens is 3. The molecule has 0 unspecified atom stereocenters. The molecule has 120 valence electrons. The van der Waals surface area contributed by atoms with Crippen LogP contribution in [0.5, 0.6) is 0 Å². The van der Waals surface area contributed by atoms with E-state index in [1.165, 1.54) is 12.1 Å². The molecule has 1 aromatic rings. The third kappa shape index (κ3) is 2.60. The lowest BCUT2D eigenvalue weighted by molar-refractivity contribution is -0.137. The Morgan fingerprint density at radius 1 is 1.23 bits per heavy atom. The number of benzene rings is 1. The zero-order valence-electron chi connectivity index (χ0n) is 12.4. The summed E-state index contributed by atoms with van der Waals surface area (Å²) < 4.78 is 37.7. The van der Waals surface area contributed by atoms with Crippen molar-refractivity contribution in [3.05, 3.63) is 35.4 Å². The molecule has 3 rings (SSSR count). The van der Waals surface area contributed by atoms with Gasteiger partial charge < -0.3 is 4.90 Å². The smallest absolute Gasteiger partial charge is 0.326 e. The first-order chi connectivity index (χ1) is 10.3. The Kier molecular flexibility index (Phi) is 3.67. The zero-order chi connectivity index (χ0) is 16.0. The predicted molar refractivity (Wildman–Crippen MR) is 76.0 cm³/mol. The normalized spacial score (nSPS) is 24.5. The van der Waals surface area contributed by atoms with E-state index in [1.54, 1.807) is 4.90 Å². The Morgan fingerprint density at radius 3 is 2.36 bits per heavy atom. The third-order valence-corrected chi connectivity index (χ3v) is 4.87. The van der Waals surface area contributed by atoms with Crippen molar-refractivity contribution in [3.8, 4) is 0 Å². The second-order valence-corrected chi connectivity index (χ2v) is 6.23. The molecule has 1 atom stereocenters. The lowest BCUT2D eigenvalue weighted by Gasteiger charge is -2.31. The molecule has 1 saturated carbocycles. The SMILES string of the molecule is CN1C(=O)[C@H](Cc2ccc(C(F)(F)F)cc2)NC12CCCC2. The van der Waals surface area contributed by atoms with Crippen LogP contribution in [-0.2, 0) is 17.4 Å². The molecule has 1 spiro atoms. The molecular formula is C16H19F3N2O. The van der Waals surface area contributed by atoms with E-state index >= 15 is 0 Å². The van der Waals surface area contributed by atoms with Crippen LogP contribution in [0.3, 0.4) is 0 Å². The number of carbonyl (C=O) groups is 1. The van der Waals surface area contributed by atoms with Crippen LogP contribution in [0.25, 0.3) is 0 Å². The Labute approximate surface area is 127 Å². The van der Waals surface area contributed by atoms with Gasteiger partial charge in [-0.25, -0.2) is 0 Å². The first-order valence-electron chi connectivity index (χ1n) is 7.53. The van der Waals surface area contributed by atoms with Gasteiger partial charge in [0.05, 0.1) is 17.3 Å². The molecule has 1 amide bonds. The molecule has 1 heterocycles. The summed E-state index contributed by atoms with van der Waals surface area (Å²) in [6.07, 6.45) is 0.171. The van der Waals surface area contributed by atoms with Crippen molar-refractivity contribution in [2.75, 3.05) is 7.05 Å². The highest BCUT2D eigenvalue weighted by Crippen LogP contribution is 2.37. The minimum Gasteiger partial charge on any atom is -0.326 e. The van der Waals surface area contributed by atoms with E-state index in [0.717, 1.165) is 43.4 Å². The van der Waals surface area contributed by atoms with Crippen LogP contribution in [0.2, 0.25) is 0 Å². The van der Waals surface area contributed by atoms with Gasteiger partial charge in [0, 0.05) is 7.05 Å². The van der Waals surface area contributed by atoms with Gasteiger partial charge in [0.25, 0.3) is 0 Å². The predicted octanol–water partition coefficient (Wildman–Crippen LogP) is 2.95. The molecule has 1 aliphatic heterocycles. The maximum Gasteiger partial charge on any atom is 0.416 e. The van der Waals surface area contributed by atoms with Gasteiger partial charge >= 0.3 is 6.18 Å². The van der Waals surface area contributed by atoms with Gasteiger partial charge in [0.1, 0.15) is 0 Å². The van der Waals surface area contributed by atoms with E-state index in [-0.39, 0.29) is 17.6 Å². The van der Waals surface area contributed by atoms with E-state index in [1.807, 2.05) is 7.05 Å². The summed E-state index contributed by atoms with van der Waals surface area (Å²) in [6.45, 7) is 0. The van der Waals surface area contributed by atoms with Crippen LogP contribution in [0.1, 0.15) is 36.8 Å². The summed E-state index contributed by atoms with van der Waals surface area (Å²) >= 11 is 0. The van der Waals surface area contributed by atoms with Crippen LogP contribution < -0.4 is 5.32 Å². The average molecular weight is 312 g/mol. The molecule has 6 heteroatoms. The number of hydrogen-bond acceptors (Lipinski definition) is 2. The number of nitrogens with one attached hydrogen (secondary N) is 1. The van der Waals surface area contributed by atoms with Gasteiger partial charge in [-0.3, -0.25) is 10.1 Å². The minimum absolute atomic E-state index is 0.0294. The number of carbonyl (C=O) groups excluding carboxylic acids is 1. The molecule has 0 aromatic heterocycles. The van der Waals surface area contributed by atoms with Gasteiger partial charge in [-0.1, -0.05) is 12.1 Å². The topological polar surface area (TPSA) is 32.3 Å². The Hall–Kier alpha value is -1.56. The van der Waals surface area contributed by atoms with E-state index in [4.69, 9.17) is 0 Å². The summed E-state index contributed by atoms with van der Waals surface area (Å²) in [4.78, 5) is 14.2. The molecule has 1 saturated heterocycles. The Bertz CT molecular complexity index is 562. The first-order valence-corrected chi connectivity index (χ1v) is 7.53. The van der Waals surface area contributed by atoms with Crippen LogP contribution in [0, 0.1) is 0 Å². The summed E-state index contributed by atoms with van der Waals surface area (Å²) in [7, 11) is 1.81. The molecule has 2 aliphatic rings. The average Bonchev–Trinajstić information content (AvgIpc) is 3.02. The molecule has 2 fully saturated rings. The number of amides is 1. The van der Waals surface area contributed by atoms with E-state index < -0.39 is 11.7 Å². The Balaban J connectivity index is 1.72. The standard InChI is InChI=1S/C16H19F3N2O/c1-21-14(22)13(20-15(21)8-2-3-9-15)10-11-4-6-12(7-5-11)16(17,18)19/h4-7,13,20H,2-3,8-10H2,1H3/t13-/m0/s1. The molecule has 3 nitrogen and oxygen atoms in total. The highest BCUT2D eigenvalue weighted by Gasteiger charge is 2.49. The van der Waals surface area contributed by atoms with Crippen molar-refractivity contribution in [3.63, 3.8) is 0 Å². The molecule has 22 heavy (non-hydrogen) atoms. The number of hydrogen-bond donors (Lipinski definition) is 1. The van der Waals surface area contributed by atoms with Crippen LogP contribution in [0.15, 0.2) is 24.3 Å². The van der Waals surface area contributed by atoms with E-state index in [0.29, 0.717) is 6.42 Å². The zero-order valence-corrected chi connectivity index (χ0v) is 12.4. The highest BCUT2D eigenvalue weighted by atomic mass is 19.4. The van der Waals surface area contributed by atoms with E-state index in [9.17, 15) is 18.0 Å². The molecule has 1 aromatic carbocycles. The minimum atomic E-state index is -4.33. The molecule has 1 aliphatic carbocycles. The summed E-state index contributed by atoms with van der Waals surface area (Å²) in [5.74, 6) is 0.0294. The van der Waals surface area contributed by atoms with Crippen LogP contribution in [-0.4, -0.2) is 29.6 Å². The van der Waals surface area contributed by atoms with E-state index in [2.05, 4.69) is 5.32 Å². The summed E-state index contributed by atoms with van der Waals surface area (Å²) in [6, 6.07) is 4.71. The highest BCUT2D eigenvalue weighted by molar-refractivity contribution is 5.85. The van der Waals surface area contributed by atoms with Crippen molar-refractivity contribution in [2.45, 2.75) is 50.0 Å². The second-order valence-electron chi connectivity index (χ2n) is 6.23. The second kappa shape index (κ2) is 5.26. The molecule has 0 radical (unpaired) electrons. The van der Waals surface area contributed by atoms with Crippen molar-refractivity contribution in [1.82, 2.24) is 10.2 Å². The van der Waals surface area contributed by atoms with Crippen molar-refractivity contribution < 1.29 is 18.0 Å². The fourth-order valence-electron chi connectivity index (χ4n) is 3.57. The van der Waals surface area contributed by atoms with Crippen LogP contribution >= 0.6 is 0 Å². The molecular weight excluding hydrogens is 293 g/mol. The molecule has 1 N–H and O–H groups in total. The van der Waals surface area contributed by atoms with Gasteiger partial charge in [-0.2, -0.15) is 13.2 Å². The fourth-order valence-corrected chi connectivity index (χ4v) is 3.57. The first kappa shape index (κ1) is 15.3. The number of alkyl halides is 3. The fraction of sp³-hybridized carbons (Fsp3) is 0.562.